The first-order valence-corrected chi connectivity index (χ1v) is 4.80. The van der Waals surface area contributed by atoms with Gasteiger partial charge in [0.15, 0.2) is 0 Å². The molecule has 7 nitrogen and oxygen atoms in total. The van der Waals surface area contributed by atoms with Crippen LogP contribution in [0.1, 0.15) is 27.7 Å². The molecule has 0 fully saturated rings. The van der Waals surface area contributed by atoms with E-state index < -0.39 is 35.1 Å². The van der Waals surface area contributed by atoms with Crippen LogP contribution in [0.25, 0.3) is 0 Å². The third-order valence-corrected chi connectivity index (χ3v) is 1.36. The molecule has 0 aromatic carbocycles. The van der Waals surface area contributed by atoms with Gasteiger partial charge in [0, 0.05) is 4.92 Å². The zero-order valence-electron chi connectivity index (χ0n) is 9.63. The molecular formula is C9H15NO6. The van der Waals surface area contributed by atoms with Crippen molar-refractivity contribution in [1.82, 2.24) is 0 Å². The highest BCUT2D eigenvalue weighted by Crippen LogP contribution is 2.03. The van der Waals surface area contributed by atoms with Crippen molar-refractivity contribution in [3.8, 4) is 0 Å². The van der Waals surface area contributed by atoms with E-state index in [9.17, 15) is 19.7 Å². The Morgan fingerprint density at radius 3 is 1.50 bits per heavy atom. The summed E-state index contributed by atoms with van der Waals surface area (Å²) in [7, 11) is 0. The predicted molar refractivity (Wildman–Crippen MR) is 53.2 cm³/mol. The molecule has 0 amide bonds. The van der Waals surface area contributed by atoms with E-state index in [1.54, 1.807) is 0 Å². The largest absolute Gasteiger partial charge is 0.457 e. The van der Waals surface area contributed by atoms with Gasteiger partial charge < -0.3 is 9.47 Å². The Hall–Kier alpha value is -1.66. The smallest absolute Gasteiger partial charge is 0.402 e. The van der Waals surface area contributed by atoms with E-state index in [0.29, 0.717) is 0 Å². The fourth-order valence-corrected chi connectivity index (χ4v) is 0.862. The van der Waals surface area contributed by atoms with Gasteiger partial charge in [-0.15, -0.1) is 0 Å². The molecular weight excluding hydrogens is 218 g/mol. The van der Waals surface area contributed by atoms with Crippen molar-refractivity contribution >= 4 is 11.9 Å². The van der Waals surface area contributed by atoms with Crippen molar-refractivity contribution in [2.24, 2.45) is 0 Å². The van der Waals surface area contributed by atoms with Gasteiger partial charge in [-0.05, 0) is 27.7 Å². The van der Waals surface area contributed by atoms with Crippen LogP contribution in [0.2, 0.25) is 0 Å². The Morgan fingerprint density at radius 2 is 1.31 bits per heavy atom. The number of nitro groups is 1. The van der Waals surface area contributed by atoms with Gasteiger partial charge in [-0.25, -0.2) is 9.59 Å². The molecule has 16 heavy (non-hydrogen) atoms. The van der Waals surface area contributed by atoms with E-state index >= 15 is 0 Å². The van der Waals surface area contributed by atoms with E-state index in [-0.39, 0.29) is 0 Å². The minimum Gasteiger partial charge on any atom is -0.457 e. The second kappa shape index (κ2) is 6.04. The summed E-state index contributed by atoms with van der Waals surface area (Å²) in [5.74, 6) is -2.41. The Morgan fingerprint density at radius 1 is 1.00 bits per heavy atom. The molecule has 0 saturated heterocycles. The fraction of sp³-hybridized carbons (Fsp3) is 0.778. The molecule has 0 aromatic heterocycles. The van der Waals surface area contributed by atoms with Crippen molar-refractivity contribution in [3.05, 3.63) is 10.1 Å². The number of hydrogen-bond acceptors (Lipinski definition) is 6. The number of esters is 2. The van der Waals surface area contributed by atoms with Gasteiger partial charge in [-0.3, -0.25) is 10.1 Å². The maximum absolute atomic E-state index is 11.3. The Balaban J connectivity index is 4.67. The topological polar surface area (TPSA) is 95.7 Å². The molecule has 0 N–H and O–H groups in total. The standard InChI is InChI=1S/C9H15NO6/c1-5(2)15-8(11)7(10(13)14)9(12)16-6(3)4/h5-7H,1-4H3. The number of nitrogens with zero attached hydrogens (tertiary/aromatic N) is 1. The Bertz CT molecular complexity index is 264. The molecule has 0 spiro atoms. The van der Waals surface area contributed by atoms with E-state index in [4.69, 9.17) is 0 Å². The van der Waals surface area contributed by atoms with E-state index in [1.165, 1.54) is 27.7 Å². The fourth-order valence-electron chi connectivity index (χ4n) is 0.862. The molecule has 0 unspecified atom stereocenters. The number of carbonyl (C=O) groups is 2. The van der Waals surface area contributed by atoms with Crippen LogP contribution in [0.15, 0.2) is 0 Å². The highest BCUT2D eigenvalue weighted by atomic mass is 16.6. The lowest BCUT2D eigenvalue weighted by Crippen LogP contribution is -2.41. The van der Waals surface area contributed by atoms with Crippen molar-refractivity contribution in [2.45, 2.75) is 45.9 Å². The molecule has 0 aromatic rings. The van der Waals surface area contributed by atoms with Crippen LogP contribution in [0.3, 0.4) is 0 Å². The molecule has 0 heterocycles. The van der Waals surface area contributed by atoms with Gasteiger partial charge in [-0.1, -0.05) is 0 Å². The molecule has 0 aliphatic rings. The molecule has 0 bridgehead atoms. The highest BCUT2D eigenvalue weighted by Gasteiger charge is 2.42. The first-order chi connectivity index (χ1) is 7.25. The molecule has 0 aliphatic carbocycles. The minimum absolute atomic E-state index is 0.526. The number of rotatable bonds is 5. The SMILES string of the molecule is CC(C)OC(=O)C(C(=O)OC(C)C)[N+](=O)[O-]. The zero-order chi connectivity index (χ0) is 12.9. The summed E-state index contributed by atoms with van der Waals surface area (Å²) in [6, 6.07) is -2.11. The third kappa shape index (κ3) is 4.72. The van der Waals surface area contributed by atoms with Crippen molar-refractivity contribution < 1.29 is 24.0 Å². The van der Waals surface area contributed by atoms with Gasteiger partial charge in [0.05, 0.1) is 12.2 Å². The van der Waals surface area contributed by atoms with Crippen LogP contribution in [-0.2, 0) is 19.1 Å². The maximum Gasteiger partial charge on any atom is 0.402 e. The summed E-state index contributed by atoms with van der Waals surface area (Å²) >= 11 is 0. The van der Waals surface area contributed by atoms with Crippen LogP contribution in [0, 0.1) is 10.1 Å². The third-order valence-electron chi connectivity index (χ3n) is 1.36. The van der Waals surface area contributed by atoms with E-state index in [1.807, 2.05) is 0 Å². The van der Waals surface area contributed by atoms with Gasteiger partial charge in [0.2, 0.25) is 0 Å². The average molecular weight is 233 g/mol. The molecule has 0 aliphatic heterocycles. The second-order valence-electron chi connectivity index (χ2n) is 3.66. The summed E-state index contributed by atoms with van der Waals surface area (Å²) in [4.78, 5) is 32.0. The summed E-state index contributed by atoms with van der Waals surface area (Å²) in [5.41, 5.74) is 0. The second-order valence-corrected chi connectivity index (χ2v) is 3.66. The number of carbonyl (C=O) groups excluding carboxylic acids is 2. The van der Waals surface area contributed by atoms with Crippen LogP contribution in [0.4, 0.5) is 0 Å². The lowest BCUT2D eigenvalue weighted by Gasteiger charge is -2.12. The molecule has 0 rings (SSSR count). The predicted octanol–water partition coefficient (Wildman–Crippen LogP) is 0.535. The summed E-state index contributed by atoms with van der Waals surface area (Å²) in [6.45, 7) is 6.12. The molecule has 0 radical (unpaired) electrons. The quantitative estimate of drug-likeness (QED) is 0.297. The van der Waals surface area contributed by atoms with Gasteiger partial charge in [-0.2, -0.15) is 0 Å². The molecule has 7 heteroatoms. The molecule has 0 atom stereocenters. The van der Waals surface area contributed by atoms with E-state index in [2.05, 4.69) is 9.47 Å². The van der Waals surface area contributed by atoms with Crippen molar-refractivity contribution in [2.75, 3.05) is 0 Å². The molecule has 0 saturated carbocycles. The van der Waals surface area contributed by atoms with Crippen LogP contribution < -0.4 is 0 Å². The first kappa shape index (κ1) is 14.3. The van der Waals surface area contributed by atoms with Crippen molar-refractivity contribution in [3.63, 3.8) is 0 Å². The van der Waals surface area contributed by atoms with Crippen LogP contribution in [-0.4, -0.2) is 35.1 Å². The Kier molecular flexibility index (Phi) is 5.41. The maximum atomic E-state index is 11.3. The zero-order valence-corrected chi connectivity index (χ0v) is 9.63. The highest BCUT2D eigenvalue weighted by molar-refractivity contribution is 5.97. The summed E-state index contributed by atoms with van der Waals surface area (Å²) in [6.07, 6.45) is -1.05. The average Bonchev–Trinajstić information content (AvgIpc) is 1.98. The monoisotopic (exact) mass is 233 g/mol. The summed E-state index contributed by atoms with van der Waals surface area (Å²) < 4.78 is 9.19. The first-order valence-electron chi connectivity index (χ1n) is 4.80. The molecule has 92 valence electrons. The van der Waals surface area contributed by atoms with Gasteiger partial charge >= 0.3 is 18.0 Å². The van der Waals surface area contributed by atoms with Gasteiger partial charge in [0.1, 0.15) is 0 Å². The lowest BCUT2D eigenvalue weighted by molar-refractivity contribution is -0.499. The Labute approximate surface area is 92.9 Å². The van der Waals surface area contributed by atoms with Crippen molar-refractivity contribution in [1.29, 1.82) is 0 Å². The normalized spacial score (nSPS) is 10.7. The summed E-state index contributed by atoms with van der Waals surface area (Å²) in [5, 5.41) is 10.5. The lowest BCUT2D eigenvalue weighted by atomic mass is 10.3. The minimum atomic E-state index is -2.11. The van der Waals surface area contributed by atoms with Crippen LogP contribution >= 0.6 is 0 Å². The number of hydrogen-bond donors (Lipinski definition) is 0. The van der Waals surface area contributed by atoms with Crippen LogP contribution in [0.5, 0.6) is 0 Å². The van der Waals surface area contributed by atoms with Gasteiger partial charge in [0.25, 0.3) is 0 Å². The van der Waals surface area contributed by atoms with E-state index in [0.717, 1.165) is 0 Å². The number of ether oxygens (including phenoxy) is 2.